The Balaban J connectivity index is 2.22. The number of methoxy groups -OCH3 is 1. The summed E-state index contributed by atoms with van der Waals surface area (Å²) < 4.78 is 42.0. The molecule has 0 bridgehead atoms. The minimum absolute atomic E-state index is 0.0368. The zero-order valence-electron chi connectivity index (χ0n) is 8.96. The van der Waals surface area contributed by atoms with Crippen LogP contribution < -0.4 is 0 Å². The zero-order valence-corrected chi connectivity index (χ0v) is 9.78. The van der Waals surface area contributed by atoms with E-state index in [1.54, 1.807) is 0 Å². The van der Waals surface area contributed by atoms with E-state index in [2.05, 4.69) is 4.74 Å². The number of sulfonamides is 1. The highest BCUT2D eigenvalue weighted by Crippen LogP contribution is 2.28. The lowest BCUT2D eigenvalue weighted by Crippen LogP contribution is -2.20. The van der Waals surface area contributed by atoms with Gasteiger partial charge in [-0.25, -0.2) is 12.8 Å². The lowest BCUT2D eigenvalue weighted by atomic mass is 10.4. The van der Waals surface area contributed by atoms with Gasteiger partial charge < -0.3 is 4.74 Å². The molecular formula is C10H10FNO4S. The average molecular weight is 259 g/mol. The van der Waals surface area contributed by atoms with Crippen LogP contribution in [0.1, 0.15) is 0 Å². The van der Waals surface area contributed by atoms with Gasteiger partial charge in [0, 0.05) is 6.54 Å². The maximum Gasteiger partial charge on any atom is 0.325 e. The largest absolute Gasteiger partial charge is 0.468 e. The number of hydrogen-bond donors (Lipinski definition) is 0. The highest BCUT2D eigenvalue weighted by atomic mass is 32.2. The molecule has 0 N–H and O–H groups in total. The van der Waals surface area contributed by atoms with Crippen LogP contribution in [0.15, 0.2) is 29.2 Å². The van der Waals surface area contributed by atoms with Crippen molar-refractivity contribution in [3.05, 3.63) is 30.1 Å². The molecule has 17 heavy (non-hydrogen) atoms. The third-order valence-electron chi connectivity index (χ3n) is 2.46. The average Bonchev–Trinajstić information content (AvgIpc) is 3.09. The van der Waals surface area contributed by atoms with E-state index in [4.69, 9.17) is 0 Å². The molecule has 92 valence electrons. The van der Waals surface area contributed by atoms with Gasteiger partial charge in [-0.1, -0.05) is 0 Å². The van der Waals surface area contributed by atoms with E-state index in [0.29, 0.717) is 0 Å². The lowest BCUT2D eigenvalue weighted by Gasteiger charge is -2.05. The smallest absolute Gasteiger partial charge is 0.325 e. The van der Waals surface area contributed by atoms with Crippen molar-refractivity contribution in [3.8, 4) is 0 Å². The van der Waals surface area contributed by atoms with Crippen molar-refractivity contribution >= 4 is 16.0 Å². The number of nitrogens with zero attached hydrogens (tertiary/aromatic N) is 1. The first-order chi connectivity index (χ1) is 7.96. The molecular weight excluding hydrogens is 249 g/mol. The van der Waals surface area contributed by atoms with Crippen molar-refractivity contribution in [1.29, 1.82) is 0 Å². The van der Waals surface area contributed by atoms with Crippen molar-refractivity contribution in [2.24, 2.45) is 0 Å². The van der Waals surface area contributed by atoms with Crippen LogP contribution in [0.2, 0.25) is 0 Å². The molecule has 1 aliphatic heterocycles. The highest BCUT2D eigenvalue weighted by molar-refractivity contribution is 7.89. The van der Waals surface area contributed by atoms with Gasteiger partial charge in [0.15, 0.2) is 0 Å². The molecule has 0 aliphatic carbocycles. The fourth-order valence-electron chi connectivity index (χ4n) is 1.46. The molecule has 1 aromatic carbocycles. The summed E-state index contributed by atoms with van der Waals surface area (Å²) in [6.07, 6.45) is 0. The van der Waals surface area contributed by atoms with Crippen molar-refractivity contribution in [3.63, 3.8) is 0 Å². The lowest BCUT2D eigenvalue weighted by molar-refractivity contribution is -0.140. The van der Waals surface area contributed by atoms with Crippen LogP contribution in [0.3, 0.4) is 0 Å². The van der Waals surface area contributed by atoms with Crippen LogP contribution >= 0.6 is 0 Å². The fraction of sp³-hybridized carbons (Fsp3) is 0.300. The van der Waals surface area contributed by atoms with E-state index in [0.717, 1.165) is 28.6 Å². The second-order valence-corrected chi connectivity index (χ2v) is 5.46. The van der Waals surface area contributed by atoms with E-state index in [1.165, 1.54) is 7.11 Å². The quantitative estimate of drug-likeness (QED) is 0.581. The van der Waals surface area contributed by atoms with Gasteiger partial charge in [0.05, 0.1) is 12.0 Å². The van der Waals surface area contributed by atoms with E-state index in [9.17, 15) is 17.6 Å². The molecule has 0 spiro atoms. The van der Waals surface area contributed by atoms with E-state index in [-0.39, 0.29) is 11.4 Å². The fourth-order valence-corrected chi connectivity index (χ4v) is 2.97. The molecule has 7 heteroatoms. The van der Waals surface area contributed by atoms with Gasteiger partial charge >= 0.3 is 5.97 Å². The summed E-state index contributed by atoms with van der Waals surface area (Å²) >= 11 is 0. The first kappa shape index (κ1) is 12.0. The van der Waals surface area contributed by atoms with Crippen molar-refractivity contribution in [2.45, 2.75) is 10.9 Å². The van der Waals surface area contributed by atoms with Crippen LogP contribution in [-0.2, 0) is 19.6 Å². The summed E-state index contributed by atoms with van der Waals surface area (Å²) in [7, 11) is -2.52. The molecule has 1 aliphatic rings. The summed E-state index contributed by atoms with van der Waals surface area (Å²) in [4.78, 5) is 11.1. The number of hydrogen-bond acceptors (Lipinski definition) is 4. The highest BCUT2D eigenvalue weighted by Gasteiger charge is 2.50. The Morgan fingerprint density at radius 3 is 2.53 bits per heavy atom. The molecule has 1 saturated heterocycles. The molecule has 0 radical (unpaired) electrons. The van der Waals surface area contributed by atoms with Gasteiger partial charge in [0.2, 0.25) is 10.0 Å². The van der Waals surface area contributed by atoms with Gasteiger partial charge in [0.1, 0.15) is 11.9 Å². The normalized spacial score (nSPS) is 23.2. The van der Waals surface area contributed by atoms with Crippen LogP contribution in [0.5, 0.6) is 0 Å². The molecule has 0 aromatic heterocycles. The van der Waals surface area contributed by atoms with Crippen molar-refractivity contribution < 1.29 is 22.3 Å². The Morgan fingerprint density at radius 1 is 1.41 bits per heavy atom. The number of ether oxygens (including phenoxy) is 1. The molecule has 0 saturated carbocycles. The van der Waals surface area contributed by atoms with Gasteiger partial charge in [-0.3, -0.25) is 4.79 Å². The third-order valence-corrected chi connectivity index (χ3v) is 4.35. The SMILES string of the molecule is COC(=O)C1CN1S(=O)(=O)c1ccc(F)cc1. The third kappa shape index (κ3) is 2.16. The second-order valence-electron chi connectivity index (χ2n) is 3.57. The Hall–Kier alpha value is -1.47. The van der Waals surface area contributed by atoms with Crippen molar-refractivity contribution in [2.75, 3.05) is 13.7 Å². The first-order valence-corrected chi connectivity index (χ1v) is 6.26. The van der Waals surface area contributed by atoms with Crippen LogP contribution in [-0.4, -0.2) is 38.4 Å². The van der Waals surface area contributed by atoms with Crippen LogP contribution in [0.25, 0.3) is 0 Å². The Morgan fingerprint density at radius 2 is 2.00 bits per heavy atom. The van der Waals surface area contributed by atoms with Gasteiger partial charge in [-0.2, -0.15) is 4.31 Å². The second kappa shape index (κ2) is 4.08. The number of esters is 1. The molecule has 1 fully saturated rings. The van der Waals surface area contributed by atoms with E-state index >= 15 is 0 Å². The summed E-state index contributed by atoms with van der Waals surface area (Å²) in [6.45, 7) is 0.104. The molecule has 1 aromatic rings. The van der Waals surface area contributed by atoms with E-state index < -0.39 is 27.9 Å². The zero-order chi connectivity index (χ0) is 12.6. The van der Waals surface area contributed by atoms with Gasteiger partial charge in [0.25, 0.3) is 0 Å². The predicted molar refractivity (Wildman–Crippen MR) is 56.1 cm³/mol. The molecule has 2 unspecified atom stereocenters. The Labute approximate surface area is 97.8 Å². The summed E-state index contributed by atoms with van der Waals surface area (Å²) in [5.74, 6) is -1.10. The predicted octanol–water partition coefficient (Wildman–Crippen LogP) is 0.372. The van der Waals surface area contributed by atoms with Gasteiger partial charge in [-0.05, 0) is 24.3 Å². The number of carbonyl (C=O) groups is 1. The minimum atomic E-state index is -3.72. The molecule has 0 amide bonds. The van der Waals surface area contributed by atoms with Crippen molar-refractivity contribution in [1.82, 2.24) is 4.31 Å². The first-order valence-electron chi connectivity index (χ1n) is 4.82. The molecule has 2 rings (SSSR count). The van der Waals surface area contributed by atoms with Crippen LogP contribution in [0.4, 0.5) is 4.39 Å². The topological polar surface area (TPSA) is 63.5 Å². The summed E-state index contributed by atoms with van der Waals surface area (Å²) in [5, 5.41) is 0. The number of carbonyl (C=O) groups excluding carboxylic acids is 1. The standard InChI is InChI=1S/C10H10FNO4S/c1-16-10(13)9-6-12(9)17(14,15)8-4-2-7(11)3-5-8/h2-5,9H,6H2,1H3. The summed E-state index contributed by atoms with van der Waals surface area (Å²) in [6, 6.07) is 3.69. The maximum atomic E-state index is 12.7. The van der Waals surface area contributed by atoms with E-state index in [1.807, 2.05) is 0 Å². The maximum absolute atomic E-state index is 12.7. The summed E-state index contributed by atoms with van der Waals surface area (Å²) in [5.41, 5.74) is 0. The van der Waals surface area contributed by atoms with Crippen LogP contribution in [0, 0.1) is 5.82 Å². The molecule has 5 nitrogen and oxygen atoms in total. The van der Waals surface area contributed by atoms with Gasteiger partial charge in [-0.15, -0.1) is 0 Å². The Bertz CT molecular complexity index is 540. The Kier molecular flexibility index (Phi) is 2.88. The number of halogens is 1. The minimum Gasteiger partial charge on any atom is -0.468 e. The monoisotopic (exact) mass is 259 g/mol. The molecule has 2 atom stereocenters. The number of rotatable bonds is 3. The molecule has 1 heterocycles. The number of benzene rings is 1.